The van der Waals surface area contributed by atoms with Crippen molar-refractivity contribution in [3.63, 3.8) is 0 Å². The van der Waals surface area contributed by atoms with Crippen LogP contribution in [0.5, 0.6) is 5.88 Å². The van der Waals surface area contributed by atoms with Gasteiger partial charge in [0.1, 0.15) is 5.82 Å². The van der Waals surface area contributed by atoms with E-state index in [2.05, 4.69) is 20.1 Å². The van der Waals surface area contributed by atoms with Crippen molar-refractivity contribution in [1.29, 1.82) is 0 Å². The summed E-state index contributed by atoms with van der Waals surface area (Å²) >= 11 is 0. The van der Waals surface area contributed by atoms with E-state index >= 15 is 0 Å². The zero-order valence-corrected chi connectivity index (χ0v) is 16.8. The third-order valence-electron chi connectivity index (χ3n) is 5.81. The predicted molar refractivity (Wildman–Crippen MR) is 105 cm³/mol. The Morgan fingerprint density at radius 2 is 1.83 bits per heavy atom. The second kappa shape index (κ2) is 7.01. The second-order valence-corrected chi connectivity index (χ2v) is 9.35. The van der Waals surface area contributed by atoms with Gasteiger partial charge in [0, 0.05) is 12.2 Å². The van der Waals surface area contributed by atoms with E-state index in [1.54, 1.807) is 0 Å². The first-order valence-corrected chi connectivity index (χ1v) is 11.6. The van der Waals surface area contributed by atoms with Gasteiger partial charge in [-0.1, -0.05) is 0 Å². The van der Waals surface area contributed by atoms with Crippen molar-refractivity contribution >= 4 is 21.9 Å². The fraction of sp³-hybridized carbons (Fsp3) is 0.526. The van der Waals surface area contributed by atoms with E-state index in [1.165, 1.54) is 22.0 Å². The molecule has 2 aromatic rings. The van der Waals surface area contributed by atoms with Crippen LogP contribution >= 0.6 is 0 Å². The van der Waals surface area contributed by atoms with E-state index in [1.807, 2.05) is 0 Å². The maximum Gasteiger partial charge on any atom is 0.334 e. The minimum Gasteiger partial charge on any atom is -0.477 e. The van der Waals surface area contributed by atoms with Gasteiger partial charge in [0.05, 0.1) is 12.8 Å². The van der Waals surface area contributed by atoms with Crippen LogP contribution in [0.3, 0.4) is 0 Å². The lowest BCUT2D eigenvalue weighted by Gasteiger charge is -2.14. The number of nitrogens with one attached hydrogen (secondary N) is 2. The molecule has 2 aliphatic carbocycles. The van der Waals surface area contributed by atoms with Gasteiger partial charge in [0.15, 0.2) is 4.90 Å². The lowest BCUT2D eigenvalue weighted by atomic mass is 10.0. The molecule has 0 spiro atoms. The molecule has 1 aliphatic heterocycles. The van der Waals surface area contributed by atoms with Crippen molar-refractivity contribution < 1.29 is 17.9 Å². The molecule has 5 rings (SSSR count). The summed E-state index contributed by atoms with van der Waals surface area (Å²) < 4.78 is 34.7. The third-order valence-corrected chi connectivity index (χ3v) is 7.13. The Labute approximate surface area is 168 Å². The molecular formula is C19H23N5O4S. The van der Waals surface area contributed by atoms with Gasteiger partial charge in [-0.05, 0) is 68.1 Å². The van der Waals surface area contributed by atoms with Crippen molar-refractivity contribution in [2.75, 3.05) is 11.9 Å². The normalized spacial score (nSPS) is 17.7. The number of sulfonamides is 1. The molecule has 2 aromatic heterocycles. The molecular weight excluding hydrogens is 394 g/mol. The molecule has 0 saturated heterocycles. The Bertz CT molecular complexity index is 1090. The number of carbonyl (C=O) groups is 1. The summed E-state index contributed by atoms with van der Waals surface area (Å²) in [6, 6.07) is -0.821. The molecule has 0 fully saturated rings. The van der Waals surface area contributed by atoms with Crippen LogP contribution in [0.1, 0.15) is 48.1 Å². The Balaban J connectivity index is 1.38. The molecule has 0 bridgehead atoms. The van der Waals surface area contributed by atoms with Crippen molar-refractivity contribution in [3.05, 3.63) is 28.6 Å². The first-order chi connectivity index (χ1) is 14.0. The van der Waals surface area contributed by atoms with E-state index in [0.717, 1.165) is 62.6 Å². The SMILES string of the molecule is O=C(Nc1nc2c(c3c1CCC3)CCC2)NS(=O)(=O)c1cnn2c1OCCCC2. The highest BCUT2D eigenvalue weighted by atomic mass is 32.2. The number of anilines is 1. The third kappa shape index (κ3) is 3.25. The minimum atomic E-state index is -4.12. The number of aryl methyl sites for hydroxylation is 2. The maximum atomic E-state index is 12.8. The minimum absolute atomic E-state index is 0.123. The van der Waals surface area contributed by atoms with E-state index in [0.29, 0.717) is 19.0 Å². The van der Waals surface area contributed by atoms with Gasteiger partial charge in [-0.3, -0.25) is 5.32 Å². The number of aromatic nitrogens is 3. The summed E-state index contributed by atoms with van der Waals surface area (Å²) in [7, 11) is -4.12. The number of pyridine rings is 1. The fourth-order valence-corrected chi connectivity index (χ4v) is 5.49. The molecule has 2 amide bonds. The number of fused-ring (bicyclic) bond motifs is 4. The molecule has 29 heavy (non-hydrogen) atoms. The van der Waals surface area contributed by atoms with E-state index < -0.39 is 16.1 Å². The largest absolute Gasteiger partial charge is 0.477 e. The van der Waals surface area contributed by atoms with Crippen LogP contribution in [0.25, 0.3) is 0 Å². The van der Waals surface area contributed by atoms with E-state index in [9.17, 15) is 13.2 Å². The van der Waals surface area contributed by atoms with Gasteiger partial charge in [-0.25, -0.2) is 27.6 Å². The number of nitrogens with zero attached hydrogens (tertiary/aromatic N) is 3. The summed E-state index contributed by atoms with van der Waals surface area (Å²) in [5, 5.41) is 6.76. The van der Waals surface area contributed by atoms with E-state index in [4.69, 9.17) is 4.74 Å². The predicted octanol–water partition coefficient (Wildman–Crippen LogP) is 1.94. The van der Waals surface area contributed by atoms with Gasteiger partial charge in [0.2, 0.25) is 5.88 Å². The first kappa shape index (κ1) is 18.4. The van der Waals surface area contributed by atoms with Crippen LogP contribution in [0, 0.1) is 0 Å². The molecule has 3 heterocycles. The zero-order chi connectivity index (χ0) is 20.0. The van der Waals surface area contributed by atoms with Gasteiger partial charge in [-0.2, -0.15) is 5.10 Å². The molecule has 154 valence electrons. The van der Waals surface area contributed by atoms with Crippen LogP contribution < -0.4 is 14.8 Å². The van der Waals surface area contributed by atoms with Crippen LogP contribution in [0.4, 0.5) is 10.6 Å². The number of amides is 2. The van der Waals surface area contributed by atoms with Crippen LogP contribution in [0.15, 0.2) is 11.1 Å². The average Bonchev–Trinajstić information content (AvgIpc) is 3.38. The number of rotatable bonds is 3. The smallest absolute Gasteiger partial charge is 0.334 e. The van der Waals surface area contributed by atoms with Crippen molar-refractivity contribution in [3.8, 4) is 5.88 Å². The number of urea groups is 1. The number of ether oxygens (including phenoxy) is 1. The zero-order valence-electron chi connectivity index (χ0n) is 16.0. The Morgan fingerprint density at radius 3 is 2.72 bits per heavy atom. The summed E-state index contributed by atoms with van der Waals surface area (Å²) in [6.07, 6.45) is 8.80. The average molecular weight is 417 g/mol. The first-order valence-electron chi connectivity index (χ1n) is 10.1. The topological polar surface area (TPSA) is 115 Å². The lowest BCUT2D eigenvalue weighted by Crippen LogP contribution is -2.35. The van der Waals surface area contributed by atoms with Crippen LogP contribution in [-0.2, 0) is 42.3 Å². The number of hydrogen-bond acceptors (Lipinski definition) is 6. The van der Waals surface area contributed by atoms with Crippen molar-refractivity contribution in [2.45, 2.75) is 62.8 Å². The van der Waals surface area contributed by atoms with E-state index in [-0.39, 0.29) is 10.8 Å². The maximum absolute atomic E-state index is 12.8. The van der Waals surface area contributed by atoms with Gasteiger partial charge >= 0.3 is 6.03 Å². The summed E-state index contributed by atoms with van der Waals surface area (Å²) in [4.78, 5) is 17.1. The fourth-order valence-electron chi connectivity index (χ4n) is 4.51. The van der Waals surface area contributed by atoms with Gasteiger partial charge in [0.25, 0.3) is 10.0 Å². The highest BCUT2D eigenvalue weighted by Crippen LogP contribution is 2.36. The highest BCUT2D eigenvalue weighted by molar-refractivity contribution is 7.90. The van der Waals surface area contributed by atoms with Crippen molar-refractivity contribution in [1.82, 2.24) is 19.5 Å². The second-order valence-electron chi connectivity index (χ2n) is 7.70. The Morgan fingerprint density at radius 1 is 1.03 bits per heavy atom. The standard InChI is InChI=1S/C19H23N5O4S/c25-19(22-17-14-7-3-5-12(14)13-6-4-8-15(13)21-17)23-29(26,27)16-11-20-24-9-1-2-10-28-18(16)24/h11H,1-10H2,(H2,21,22,23,25). The molecule has 2 N–H and O–H groups in total. The monoisotopic (exact) mass is 417 g/mol. The van der Waals surface area contributed by atoms with Crippen LogP contribution in [-0.4, -0.2) is 35.8 Å². The molecule has 0 unspecified atom stereocenters. The highest BCUT2D eigenvalue weighted by Gasteiger charge is 2.30. The van der Waals surface area contributed by atoms with Gasteiger partial charge < -0.3 is 4.74 Å². The molecule has 0 aromatic carbocycles. The Hall–Kier alpha value is -2.62. The van der Waals surface area contributed by atoms with Crippen LogP contribution in [0.2, 0.25) is 0 Å². The molecule has 0 saturated carbocycles. The molecule has 10 heteroatoms. The quantitative estimate of drug-likeness (QED) is 0.789. The molecule has 9 nitrogen and oxygen atoms in total. The molecule has 0 atom stereocenters. The number of carbonyl (C=O) groups excluding carboxylic acids is 1. The summed E-state index contributed by atoms with van der Waals surface area (Å²) in [5.41, 5.74) is 4.69. The lowest BCUT2D eigenvalue weighted by molar-refractivity contribution is 0.256. The number of hydrogen-bond donors (Lipinski definition) is 2. The summed E-state index contributed by atoms with van der Waals surface area (Å²) in [5.74, 6) is 0.662. The van der Waals surface area contributed by atoms with Crippen molar-refractivity contribution in [2.24, 2.45) is 0 Å². The molecule has 3 aliphatic rings. The molecule has 0 radical (unpaired) electrons. The van der Waals surface area contributed by atoms with Gasteiger partial charge in [-0.15, -0.1) is 0 Å². The Kier molecular flexibility index (Phi) is 4.45. The summed E-state index contributed by atoms with van der Waals surface area (Å²) in [6.45, 7) is 1.01.